The molecule has 0 aromatic heterocycles. The standard InChI is InChI=1S/C15H19NO5/c1-11(21-12-5-3-2-4-6-12)15(19)16-7-8-20-13(10-16)9-14(17)18/h2-6,11,13H,7-10H2,1H3,(H,17,18)/t11-,13-/m0/s1. The van der Waals surface area contributed by atoms with Crippen molar-refractivity contribution in [3.8, 4) is 5.75 Å². The molecule has 0 aliphatic carbocycles. The van der Waals surface area contributed by atoms with Crippen LogP contribution in [0.3, 0.4) is 0 Å². The minimum absolute atomic E-state index is 0.0995. The summed E-state index contributed by atoms with van der Waals surface area (Å²) in [5.74, 6) is -0.450. The van der Waals surface area contributed by atoms with Crippen LogP contribution in [0.25, 0.3) is 0 Å². The maximum atomic E-state index is 12.3. The fraction of sp³-hybridized carbons (Fsp3) is 0.467. The molecule has 0 unspecified atom stereocenters. The van der Waals surface area contributed by atoms with Crippen molar-refractivity contribution >= 4 is 11.9 Å². The second-order valence-electron chi connectivity index (χ2n) is 4.95. The van der Waals surface area contributed by atoms with Crippen LogP contribution in [0.4, 0.5) is 0 Å². The SMILES string of the molecule is C[C@H](Oc1ccccc1)C(=O)N1CCO[C@@H](CC(=O)O)C1. The van der Waals surface area contributed by atoms with E-state index in [0.717, 1.165) is 0 Å². The highest BCUT2D eigenvalue weighted by Gasteiger charge is 2.29. The second kappa shape index (κ2) is 7.08. The highest BCUT2D eigenvalue weighted by molar-refractivity contribution is 5.81. The average molecular weight is 293 g/mol. The average Bonchev–Trinajstić information content (AvgIpc) is 2.47. The van der Waals surface area contributed by atoms with E-state index in [1.54, 1.807) is 24.0 Å². The van der Waals surface area contributed by atoms with Gasteiger partial charge in [0.25, 0.3) is 5.91 Å². The summed E-state index contributed by atoms with van der Waals surface area (Å²) in [7, 11) is 0. The number of hydrogen-bond acceptors (Lipinski definition) is 4. The number of carbonyl (C=O) groups is 2. The first-order valence-electron chi connectivity index (χ1n) is 6.90. The summed E-state index contributed by atoms with van der Waals surface area (Å²) in [6.45, 7) is 2.78. The van der Waals surface area contributed by atoms with Gasteiger partial charge in [-0.05, 0) is 19.1 Å². The van der Waals surface area contributed by atoms with Crippen molar-refractivity contribution in [2.75, 3.05) is 19.7 Å². The first-order chi connectivity index (χ1) is 10.1. The summed E-state index contributed by atoms with van der Waals surface area (Å²) in [5, 5.41) is 8.79. The summed E-state index contributed by atoms with van der Waals surface area (Å²) in [6.07, 6.45) is -1.17. The molecule has 1 heterocycles. The van der Waals surface area contributed by atoms with Gasteiger partial charge in [0.15, 0.2) is 6.10 Å². The number of carboxylic acids is 1. The molecule has 0 saturated carbocycles. The number of carbonyl (C=O) groups excluding carboxylic acids is 1. The van der Waals surface area contributed by atoms with Crippen molar-refractivity contribution in [2.24, 2.45) is 0 Å². The number of morpholine rings is 1. The van der Waals surface area contributed by atoms with E-state index in [4.69, 9.17) is 14.6 Å². The Hall–Kier alpha value is -2.08. The summed E-state index contributed by atoms with van der Waals surface area (Å²) in [5.41, 5.74) is 0. The van der Waals surface area contributed by atoms with Gasteiger partial charge in [-0.3, -0.25) is 9.59 Å². The molecule has 1 aliphatic rings. The number of aliphatic carboxylic acids is 1. The van der Waals surface area contributed by atoms with Crippen LogP contribution in [-0.2, 0) is 14.3 Å². The lowest BCUT2D eigenvalue weighted by atomic mass is 10.2. The van der Waals surface area contributed by atoms with Crippen LogP contribution < -0.4 is 4.74 Å². The van der Waals surface area contributed by atoms with Crippen molar-refractivity contribution in [3.05, 3.63) is 30.3 Å². The molecule has 6 heteroatoms. The Kier molecular flexibility index (Phi) is 5.16. The van der Waals surface area contributed by atoms with Gasteiger partial charge in [0, 0.05) is 13.1 Å². The normalized spacial score (nSPS) is 19.9. The first-order valence-corrected chi connectivity index (χ1v) is 6.90. The predicted molar refractivity (Wildman–Crippen MR) is 75.1 cm³/mol. The number of carboxylic acid groups (broad SMARTS) is 1. The molecule has 1 fully saturated rings. The fourth-order valence-corrected chi connectivity index (χ4v) is 2.25. The lowest BCUT2D eigenvalue weighted by molar-refractivity contribution is -0.151. The molecule has 6 nitrogen and oxygen atoms in total. The van der Waals surface area contributed by atoms with Crippen LogP contribution in [0.2, 0.25) is 0 Å². The molecule has 2 atom stereocenters. The van der Waals surface area contributed by atoms with Gasteiger partial charge in [0.2, 0.25) is 0 Å². The molecule has 1 saturated heterocycles. The molecule has 114 valence electrons. The lowest BCUT2D eigenvalue weighted by Gasteiger charge is -2.33. The van der Waals surface area contributed by atoms with E-state index in [1.165, 1.54) is 0 Å². The van der Waals surface area contributed by atoms with E-state index < -0.39 is 18.2 Å². The number of nitrogens with zero attached hydrogens (tertiary/aromatic N) is 1. The topological polar surface area (TPSA) is 76.1 Å². The van der Waals surface area contributed by atoms with Crippen molar-refractivity contribution < 1.29 is 24.2 Å². The zero-order valence-electron chi connectivity index (χ0n) is 11.9. The van der Waals surface area contributed by atoms with E-state index in [9.17, 15) is 9.59 Å². The highest BCUT2D eigenvalue weighted by atomic mass is 16.5. The predicted octanol–water partition coefficient (Wildman–Crippen LogP) is 1.16. The number of para-hydroxylation sites is 1. The highest BCUT2D eigenvalue weighted by Crippen LogP contribution is 2.14. The van der Waals surface area contributed by atoms with Crippen molar-refractivity contribution in [2.45, 2.75) is 25.6 Å². The summed E-state index contributed by atoms with van der Waals surface area (Å²) >= 11 is 0. The van der Waals surface area contributed by atoms with E-state index in [-0.39, 0.29) is 18.9 Å². The maximum absolute atomic E-state index is 12.3. The maximum Gasteiger partial charge on any atom is 0.306 e. The summed E-state index contributed by atoms with van der Waals surface area (Å²) in [6, 6.07) is 9.12. The third-order valence-corrected chi connectivity index (χ3v) is 3.26. The van der Waals surface area contributed by atoms with Crippen LogP contribution in [0, 0.1) is 0 Å². The fourth-order valence-electron chi connectivity index (χ4n) is 2.25. The third kappa shape index (κ3) is 4.46. The van der Waals surface area contributed by atoms with Gasteiger partial charge >= 0.3 is 5.97 Å². The quantitative estimate of drug-likeness (QED) is 0.881. The van der Waals surface area contributed by atoms with Crippen LogP contribution in [-0.4, -0.2) is 53.8 Å². The lowest BCUT2D eigenvalue weighted by Crippen LogP contribution is -2.50. The van der Waals surface area contributed by atoms with E-state index in [2.05, 4.69) is 0 Å². The Morgan fingerprint density at radius 1 is 1.43 bits per heavy atom. The van der Waals surface area contributed by atoms with Gasteiger partial charge in [0.05, 0.1) is 19.1 Å². The van der Waals surface area contributed by atoms with Gasteiger partial charge < -0.3 is 19.5 Å². The zero-order chi connectivity index (χ0) is 15.2. The number of hydrogen-bond donors (Lipinski definition) is 1. The van der Waals surface area contributed by atoms with Gasteiger partial charge in [0.1, 0.15) is 5.75 Å². The number of rotatable bonds is 5. The zero-order valence-corrected chi connectivity index (χ0v) is 11.9. The van der Waals surface area contributed by atoms with Gasteiger partial charge in [-0.1, -0.05) is 18.2 Å². The first kappa shape index (κ1) is 15.3. The Balaban J connectivity index is 1.91. The van der Waals surface area contributed by atoms with Gasteiger partial charge in [-0.15, -0.1) is 0 Å². The Bertz CT molecular complexity index is 490. The minimum atomic E-state index is -0.928. The molecule has 1 amide bonds. The van der Waals surface area contributed by atoms with Crippen LogP contribution in [0.15, 0.2) is 30.3 Å². The largest absolute Gasteiger partial charge is 0.481 e. The molecule has 0 spiro atoms. The summed E-state index contributed by atoms with van der Waals surface area (Å²) in [4.78, 5) is 24.6. The van der Waals surface area contributed by atoms with Crippen molar-refractivity contribution in [1.29, 1.82) is 0 Å². The molecule has 21 heavy (non-hydrogen) atoms. The molecule has 0 bridgehead atoms. The molecule has 1 aromatic carbocycles. The van der Waals surface area contributed by atoms with Gasteiger partial charge in [-0.25, -0.2) is 0 Å². The molecule has 0 radical (unpaired) electrons. The second-order valence-corrected chi connectivity index (χ2v) is 4.95. The third-order valence-electron chi connectivity index (χ3n) is 3.26. The molecule has 1 aromatic rings. The van der Waals surface area contributed by atoms with Crippen molar-refractivity contribution in [1.82, 2.24) is 4.90 Å². The molecular weight excluding hydrogens is 274 g/mol. The Labute approximate surface area is 123 Å². The molecule has 1 aliphatic heterocycles. The van der Waals surface area contributed by atoms with Crippen molar-refractivity contribution in [3.63, 3.8) is 0 Å². The number of benzene rings is 1. The van der Waals surface area contributed by atoms with E-state index in [1.807, 2.05) is 18.2 Å². The summed E-state index contributed by atoms with van der Waals surface area (Å²) < 4.78 is 10.9. The Morgan fingerprint density at radius 3 is 2.81 bits per heavy atom. The molecule has 2 rings (SSSR count). The van der Waals surface area contributed by atoms with E-state index in [0.29, 0.717) is 18.9 Å². The number of ether oxygens (including phenoxy) is 2. The molecule has 1 N–H and O–H groups in total. The van der Waals surface area contributed by atoms with Crippen LogP contribution >= 0.6 is 0 Å². The molecular formula is C15H19NO5. The van der Waals surface area contributed by atoms with Crippen LogP contribution in [0.1, 0.15) is 13.3 Å². The van der Waals surface area contributed by atoms with Gasteiger partial charge in [-0.2, -0.15) is 0 Å². The number of amides is 1. The Morgan fingerprint density at radius 2 is 2.14 bits per heavy atom. The van der Waals surface area contributed by atoms with E-state index >= 15 is 0 Å². The monoisotopic (exact) mass is 293 g/mol. The van der Waals surface area contributed by atoms with Crippen LogP contribution in [0.5, 0.6) is 5.75 Å². The smallest absolute Gasteiger partial charge is 0.306 e. The minimum Gasteiger partial charge on any atom is -0.481 e.